The predicted molar refractivity (Wildman–Crippen MR) is 95.2 cm³/mol. The van der Waals surface area contributed by atoms with Crippen LogP contribution in [0.4, 0.5) is 35.1 Å². The second-order valence-electron chi connectivity index (χ2n) is 7.00. The molecule has 0 unspecified atom stereocenters. The van der Waals surface area contributed by atoms with Crippen molar-refractivity contribution in [1.29, 1.82) is 0 Å². The molecule has 6 nitrogen and oxygen atoms in total. The minimum absolute atomic E-state index is 0. The molecule has 1 aliphatic heterocycles. The molecule has 0 saturated heterocycles. The van der Waals surface area contributed by atoms with E-state index in [4.69, 9.17) is 5.73 Å². The molecule has 0 aliphatic carbocycles. The Morgan fingerprint density at radius 2 is 1.66 bits per heavy atom. The molecule has 1 aromatic carbocycles. The zero-order valence-electron chi connectivity index (χ0n) is 16.0. The highest BCUT2D eigenvalue weighted by Crippen LogP contribution is 2.43. The summed E-state index contributed by atoms with van der Waals surface area (Å²) in [4.78, 5) is 13.5. The first-order valence-corrected chi connectivity index (χ1v) is 8.85. The smallest absolute Gasteiger partial charge is 0.333 e. The van der Waals surface area contributed by atoms with Crippen molar-refractivity contribution in [2.24, 2.45) is 5.73 Å². The van der Waals surface area contributed by atoms with Gasteiger partial charge in [-0.25, -0.2) is 13.2 Å². The number of hydrogen-bond acceptors (Lipinski definition) is 4. The largest absolute Gasteiger partial charge is 0.461 e. The topological polar surface area (TPSA) is 77.0 Å². The molecule has 15 heteroatoms. The van der Waals surface area contributed by atoms with Gasteiger partial charge in [0.1, 0.15) is 5.82 Å². The Kier molecular flexibility index (Phi) is 7.39. The third-order valence-electron chi connectivity index (χ3n) is 4.75. The van der Waals surface area contributed by atoms with Gasteiger partial charge in [0.25, 0.3) is 0 Å². The lowest BCUT2D eigenvalue weighted by Gasteiger charge is -2.30. The van der Waals surface area contributed by atoms with Crippen LogP contribution in [0.1, 0.15) is 23.6 Å². The summed E-state index contributed by atoms with van der Waals surface area (Å²) in [6.07, 6.45) is -6.51. The fraction of sp³-hybridized carbons (Fsp3) is 0.471. The van der Waals surface area contributed by atoms with Crippen molar-refractivity contribution in [3.8, 4) is 0 Å². The van der Waals surface area contributed by atoms with E-state index >= 15 is 0 Å². The van der Waals surface area contributed by atoms with Crippen LogP contribution in [0, 0.1) is 17.5 Å². The number of carbonyl (C=O) groups excluding carboxylic acids is 1. The highest BCUT2D eigenvalue weighted by molar-refractivity contribution is 5.85. The number of fused-ring (bicyclic) bond motifs is 1. The van der Waals surface area contributed by atoms with E-state index in [9.17, 15) is 39.9 Å². The predicted octanol–water partition coefficient (Wildman–Crippen LogP) is 3.07. The molecule has 0 radical (unpaired) electrons. The van der Waals surface area contributed by atoms with E-state index < -0.39 is 53.9 Å². The van der Waals surface area contributed by atoms with E-state index in [0.717, 1.165) is 4.90 Å². The number of hydrogen-bond donors (Lipinski definition) is 1. The molecule has 32 heavy (non-hydrogen) atoms. The van der Waals surface area contributed by atoms with Gasteiger partial charge in [0.2, 0.25) is 11.7 Å². The Labute approximate surface area is 181 Å². The van der Waals surface area contributed by atoms with Crippen LogP contribution >= 0.6 is 12.4 Å². The molecule has 0 spiro atoms. The molecule has 1 aromatic heterocycles. The number of nitrogens with two attached hydrogens (primary N) is 1. The van der Waals surface area contributed by atoms with Gasteiger partial charge in [-0.05, 0) is 18.1 Å². The number of aromatic nitrogens is 3. The summed E-state index contributed by atoms with van der Waals surface area (Å²) in [7, 11) is 0. The zero-order chi connectivity index (χ0) is 23.1. The summed E-state index contributed by atoms with van der Waals surface area (Å²) in [5, 5.41) is 6.27. The van der Waals surface area contributed by atoms with Crippen LogP contribution < -0.4 is 5.73 Å². The maximum atomic E-state index is 13.7. The van der Waals surface area contributed by atoms with Crippen LogP contribution in [0.5, 0.6) is 0 Å². The van der Waals surface area contributed by atoms with Crippen molar-refractivity contribution >= 4 is 18.3 Å². The van der Waals surface area contributed by atoms with Gasteiger partial charge < -0.3 is 15.2 Å². The number of amides is 1. The highest BCUT2D eigenvalue weighted by atomic mass is 35.5. The standard InChI is InChI=1S/C17H15F8N5O.ClH/c18-10-6-12(20)11(19)4-8(10)3-9(26)5-14(31)29-1-2-30-13(7-29)27-28-15(30)16(21,22)17(23,24)25;/h4,6,9H,1-3,5,7,26H2;1H/t9-;/m1./s1. The van der Waals surface area contributed by atoms with Crippen molar-refractivity contribution in [1.82, 2.24) is 19.7 Å². The molecular weight excluding hydrogens is 478 g/mol. The van der Waals surface area contributed by atoms with Crippen LogP contribution in [0.25, 0.3) is 0 Å². The van der Waals surface area contributed by atoms with Crippen molar-refractivity contribution in [2.75, 3.05) is 6.54 Å². The van der Waals surface area contributed by atoms with Crippen LogP contribution in [0.15, 0.2) is 12.1 Å². The van der Waals surface area contributed by atoms with E-state index in [2.05, 4.69) is 10.2 Å². The van der Waals surface area contributed by atoms with Crippen LogP contribution in [0.2, 0.25) is 0 Å². The average Bonchev–Trinajstić information content (AvgIpc) is 3.09. The Morgan fingerprint density at radius 1 is 1.03 bits per heavy atom. The van der Waals surface area contributed by atoms with Crippen molar-refractivity contribution in [3.63, 3.8) is 0 Å². The van der Waals surface area contributed by atoms with Crippen LogP contribution in [0.3, 0.4) is 0 Å². The third kappa shape index (κ3) is 4.95. The highest BCUT2D eigenvalue weighted by Gasteiger charge is 2.62. The molecule has 2 N–H and O–H groups in total. The second-order valence-corrected chi connectivity index (χ2v) is 7.00. The van der Waals surface area contributed by atoms with Crippen molar-refractivity contribution in [2.45, 2.75) is 44.1 Å². The fourth-order valence-corrected chi connectivity index (χ4v) is 3.16. The lowest BCUT2D eigenvalue weighted by molar-refractivity contribution is -0.293. The Morgan fingerprint density at radius 3 is 2.28 bits per heavy atom. The fourth-order valence-electron chi connectivity index (χ4n) is 3.16. The first kappa shape index (κ1) is 25.8. The summed E-state index contributed by atoms with van der Waals surface area (Å²) in [6, 6.07) is -0.0112. The maximum absolute atomic E-state index is 13.7. The molecular formula is C17H16ClF8N5O. The molecule has 1 aliphatic rings. The van der Waals surface area contributed by atoms with Gasteiger partial charge in [-0.3, -0.25) is 4.79 Å². The number of benzene rings is 1. The Balaban J connectivity index is 0.00000363. The quantitative estimate of drug-likeness (QED) is 0.513. The third-order valence-corrected chi connectivity index (χ3v) is 4.75. The molecule has 0 fully saturated rings. The van der Waals surface area contributed by atoms with E-state index in [-0.39, 0.29) is 49.7 Å². The monoisotopic (exact) mass is 493 g/mol. The molecule has 3 rings (SSSR count). The minimum atomic E-state index is -5.86. The number of alkyl halides is 5. The van der Waals surface area contributed by atoms with Crippen molar-refractivity contribution in [3.05, 3.63) is 46.8 Å². The van der Waals surface area contributed by atoms with Gasteiger partial charge in [-0.1, -0.05) is 0 Å². The molecule has 178 valence electrons. The lowest BCUT2D eigenvalue weighted by Crippen LogP contribution is -2.43. The molecule has 1 amide bonds. The van der Waals surface area contributed by atoms with Gasteiger partial charge in [-0.15, -0.1) is 22.6 Å². The summed E-state index contributed by atoms with van der Waals surface area (Å²) in [5.41, 5.74) is 5.55. The number of carbonyl (C=O) groups is 1. The normalized spacial score (nSPS) is 15.2. The van der Waals surface area contributed by atoms with Gasteiger partial charge >= 0.3 is 12.1 Å². The number of halogens is 9. The maximum Gasteiger partial charge on any atom is 0.461 e. The first-order valence-electron chi connectivity index (χ1n) is 8.85. The zero-order valence-corrected chi connectivity index (χ0v) is 16.8. The average molecular weight is 494 g/mol. The second kappa shape index (κ2) is 9.17. The van der Waals surface area contributed by atoms with Gasteiger partial charge in [-0.2, -0.15) is 22.0 Å². The van der Waals surface area contributed by atoms with Crippen LogP contribution in [-0.4, -0.2) is 44.3 Å². The van der Waals surface area contributed by atoms with E-state index in [1.54, 1.807) is 0 Å². The Hall–Kier alpha value is -2.48. The number of nitrogens with zero attached hydrogens (tertiary/aromatic N) is 4. The molecule has 2 aromatic rings. The molecule has 0 saturated carbocycles. The summed E-state index contributed by atoms with van der Waals surface area (Å²) in [5.74, 6) is -11.3. The summed E-state index contributed by atoms with van der Waals surface area (Å²) >= 11 is 0. The number of rotatable bonds is 5. The first-order chi connectivity index (χ1) is 14.3. The van der Waals surface area contributed by atoms with Gasteiger partial charge in [0.05, 0.1) is 6.54 Å². The SMILES string of the molecule is Cl.N[C@@H](CC(=O)N1CCn2c(nnc2C(F)(F)C(F)(F)F)C1)Cc1cc(F)c(F)cc1F. The minimum Gasteiger partial charge on any atom is -0.333 e. The molecule has 1 atom stereocenters. The van der Waals surface area contributed by atoms with Gasteiger partial charge in [0, 0.05) is 31.6 Å². The van der Waals surface area contributed by atoms with Crippen molar-refractivity contribution < 1.29 is 39.9 Å². The Bertz CT molecular complexity index is 996. The molecule has 2 heterocycles. The van der Waals surface area contributed by atoms with Crippen LogP contribution in [-0.2, 0) is 30.2 Å². The van der Waals surface area contributed by atoms with Gasteiger partial charge in [0.15, 0.2) is 17.5 Å². The van der Waals surface area contributed by atoms with E-state index in [1.807, 2.05) is 0 Å². The lowest BCUT2D eigenvalue weighted by atomic mass is 10.0. The molecule has 0 bridgehead atoms. The van der Waals surface area contributed by atoms with E-state index in [0.29, 0.717) is 16.7 Å². The summed E-state index contributed by atoms with van der Waals surface area (Å²) < 4.78 is 105. The van der Waals surface area contributed by atoms with E-state index in [1.165, 1.54) is 0 Å². The summed E-state index contributed by atoms with van der Waals surface area (Å²) in [6.45, 7) is -0.995.